The van der Waals surface area contributed by atoms with Gasteiger partial charge in [-0.2, -0.15) is 0 Å². The van der Waals surface area contributed by atoms with Crippen molar-refractivity contribution in [2.75, 3.05) is 0 Å². The summed E-state index contributed by atoms with van der Waals surface area (Å²) in [5.74, 6) is 0. The highest BCUT2D eigenvalue weighted by atomic mass is 14.9. The zero-order chi connectivity index (χ0) is 11.8. The van der Waals surface area contributed by atoms with Crippen LogP contribution >= 0.6 is 0 Å². The van der Waals surface area contributed by atoms with E-state index in [4.69, 9.17) is 22.9 Å². The Bertz CT molecular complexity index is 449. The minimum atomic E-state index is -0.784. The van der Waals surface area contributed by atoms with Crippen LogP contribution < -0.4 is 22.9 Å². The van der Waals surface area contributed by atoms with Crippen molar-refractivity contribution in [3.8, 4) is 0 Å². The van der Waals surface area contributed by atoms with Crippen LogP contribution in [-0.4, -0.2) is 6.04 Å². The average molecular weight is 216 g/mol. The van der Waals surface area contributed by atoms with Gasteiger partial charge in [0.15, 0.2) is 0 Å². The van der Waals surface area contributed by atoms with Gasteiger partial charge in [-0.05, 0) is 11.6 Å². The van der Waals surface area contributed by atoms with Crippen LogP contribution in [0.25, 0.3) is 0 Å². The predicted octanol–water partition coefficient (Wildman–Crippen LogP) is -0.133. The molecule has 1 aromatic carbocycles. The molecule has 1 aromatic rings. The molecule has 0 fully saturated rings. The van der Waals surface area contributed by atoms with E-state index in [-0.39, 0.29) is 0 Å². The van der Waals surface area contributed by atoms with Crippen LogP contribution in [0.3, 0.4) is 0 Å². The van der Waals surface area contributed by atoms with Gasteiger partial charge >= 0.3 is 0 Å². The third kappa shape index (κ3) is 1.48. The maximum Gasteiger partial charge on any atom is 0.0810 e. The molecule has 0 heterocycles. The van der Waals surface area contributed by atoms with Gasteiger partial charge < -0.3 is 22.9 Å². The minimum absolute atomic E-state index is 0.439. The van der Waals surface area contributed by atoms with Crippen molar-refractivity contribution in [3.05, 3.63) is 59.4 Å². The fourth-order valence-electron chi connectivity index (χ4n) is 1.87. The number of allylic oxidation sites excluding steroid dienone is 1. The van der Waals surface area contributed by atoms with Gasteiger partial charge in [0.25, 0.3) is 0 Å². The molecule has 84 valence electrons. The van der Waals surface area contributed by atoms with Crippen molar-refractivity contribution >= 4 is 0 Å². The van der Waals surface area contributed by atoms with Gasteiger partial charge in [-0.25, -0.2) is 0 Å². The van der Waals surface area contributed by atoms with Crippen LogP contribution in [0.1, 0.15) is 5.56 Å². The molecule has 2 atom stereocenters. The molecule has 0 amide bonds. The standard InChI is InChI=1S/C12H16N4/c13-9-6-7-12(16,11(15)10(9)14)8-4-2-1-3-5-8/h1-7,11H,13-16H2. The number of benzene rings is 1. The minimum Gasteiger partial charge on any atom is -0.399 e. The molecule has 0 bridgehead atoms. The predicted molar refractivity (Wildman–Crippen MR) is 64.8 cm³/mol. The van der Waals surface area contributed by atoms with E-state index in [0.717, 1.165) is 5.56 Å². The van der Waals surface area contributed by atoms with Crippen LogP contribution in [0, 0.1) is 0 Å². The summed E-state index contributed by atoms with van der Waals surface area (Å²) in [5.41, 5.74) is 24.9. The summed E-state index contributed by atoms with van der Waals surface area (Å²) < 4.78 is 0. The highest BCUT2D eigenvalue weighted by Crippen LogP contribution is 2.29. The van der Waals surface area contributed by atoms with Crippen LogP contribution in [0.5, 0.6) is 0 Å². The molecule has 1 aliphatic rings. The van der Waals surface area contributed by atoms with E-state index in [1.807, 2.05) is 30.3 Å². The monoisotopic (exact) mass is 216 g/mol. The molecule has 2 rings (SSSR count). The Morgan fingerprint density at radius 2 is 1.69 bits per heavy atom. The lowest BCUT2D eigenvalue weighted by Crippen LogP contribution is -2.55. The molecule has 4 heteroatoms. The summed E-state index contributed by atoms with van der Waals surface area (Å²) in [6.45, 7) is 0. The number of nitrogens with two attached hydrogens (primary N) is 4. The Balaban J connectivity index is 2.47. The summed E-state index contributed by atoms with van der Waals surface area (Å²) >= 11 is 0. The van der Waals surface area contributed by atoms with Crippen LogP contribution in [0.2, 0.25) is 0 Å². The summed E-state index contributed by atoms with van der Waals surface area (Å²) in [6.07, 6.45) is 3.52. The third-order valence-electron chi connectivity index (χ3n) is 3.00. The zero-order valence-electron chi connectivity index (χ0n) is 8.93. The zero-order valence-corrected chi connectivity index (χ0v) is 8.93. The van der Waals surface area contributed by atoms with Crippen molar-refractivity contribution in [1.29, 1.82) is 0 Å². The van der Waals surface area contributed by atoms with Crippen LogP contribution in [0.4, 0.5) is 0 Å². The Labute approximate surface area is 94.6 Å². The van der Waals surface area contributed by atoms with E-state index in [0.29, 0.717) is 11.4 Å². The Morgan fingerprint density at radius 1 is 1.06 bits per heavy atom. The third-order valence-corrected chi connectivity index (χ3v) is 3.00. The molecular weight excluding hydrogens is 200 g/mol. The highest BCUT2D eigenvalue weighted by molar-refractivity contribution is 5.43. The lowest BCUT2D eigenvalue weighted by Gasteiger charge is -2.36. The normalized spacial score (nSPS) is 29.5. The lowest BCUT2D eigenvalue weighted by atomic mass is 9.79. The fourth-order valence-corrected chi connectivity index (χ4v) is 1.87. The van der Waals surface area contributed by atoms with Gasteiger partial charge in [0.2, 0.25) is 0 Å². The van der Waals surface area contributed by atoms with E-state index >= 15 is 0 Å². The lowest BCUT2D eigenvalue weighted by molar-refractivity contribution is 0.467. The molecule has 0 radical (unpaired) electrons. The number of rotatable bonds is 1. The molecule has 0 aromatic heterocycles. The van der Waals surface area contributed by atoms with Crippen molar-refractivity contribution in [3.63, 3.8) is 0 Å². The van der Waals surface area contributed by atoms with E-state index in [9.17, 15) is 0 Å². The maximum absolute atomic E-state index is 6.30. The van der Waals surface area contributed by atoms with Gasteiger partial charge in [0.05, 0.1) is 23.0 Å². The average Bonchev–Trinajstić information content (AvgIpc) is 2.33. The Morgan fingerprint density at radius 3 is 2.31 bits per heavy atom. The molecular formula is C12H16N4. The quantitative estimate of drug-likeness (QED) is 0.524. The van der Waals surface area contributed by atoms with Crippen LogP contribution in [0.15, 0.2) is 53.9 Å². The highest BCUT2D eigenvalue weighted by Gasteiger charge is 2.36. The van der Waals surface area contributed by atoms with E-state index in [2.05, 4.69) is 0 Å². The van der Waals surface area contributed by atoms with Crippen LogP contribution in [-0.2, 0) is 5.54 Å². The molecule has 4 nitrogen and oxygen atoms in total. The van der Waals surface area contributed by atoms with Crippen molar-refractivity contribution in [2.45, 2.75) is 11.6 Å². The maximum atomic E-state index is 6.30. The fraction of sp³-hybridized carbons (Fsp3) is 0.167. The van der Waals surface area contributed by atoms with Gasteiger partial charge in [-0.1, -0.05) is 36.4 Å². The largest absolute Gasteiger partial charge is 0.399 e. The van der Waals surface area contributed by atoms with Crippen molar-refractivity contribution in [1.82, 2.24) is 0 Å². The van der Waals surface area contributed by atoms with E-state index in [1.165, 1.54) is 0 Å². The molecule has 2 unspecified atom stereocenters. The Kier molecular flexibility index (Phi) is 2.46. The van der Waals surface area contributed by atoms with Gasteiger partial charge in [0.1, 0.15) is 0 Å². The Hall–Kier alpha value is -1.78. The van der Waals surface area contributed by atoms with Crippen molar-refractivity contribution in [2.24, 2.45) is 22.9 Å². The summed E-state index contributed by atoms with van der Waals surface area (Å²) in [5, 5.41) is 0. The molecule has 16 heavy (non-hydrogen) atoms. The second-order valence-corrected chi connectivity index (χ2v) is 4.02. The van der Waals surface area contributed by atoms with Gasteiger partial charge in [-0.15, -0.1) is 0 Å². The first-order valence-corrected chi connectivity index (χ1v) is 5.10. The second kappa shape index (κ2) is 3.66. The molecule has 1 aliphatic carbocycles. The molecule has 8 N–H and O–H groups in total. The first-order chi connectivity index (χ1) is 7.55. The SMILES string of the molecule is NC1=C(N)C(N)C(N)(c2ccccc2)C=C1. The van der Waals surface area contributed by atoms with E-state index < -0.39 is 11.6 Å². The first-order valence-electron chi connectivity index (χ1n) is 5.10. The first kappa shape index (κ1) is 10.7. The summed E-state index contributed by atoms with van der Waals surface area (Å²) in [6, 6.07) is 9.13. The number of hydrogen-bond acceptors (Lipinski definition) is 4. The molecule has 0 aliphatic heterocycles. The molecule has 0 saturated carbocycles. The van der Waals surface area contributed by atoms with Crippen molar-refractivity contribution < 1.29 is 0 Å². The van der Waals surface area contributed by atoms with E-state index in [1.54, 1.807) is 12.2 Å². The van der Waals surface area contributed by atoms with Gasteiger partial charge in [-0.3, -0.25) is 0 Å². The summed E-state index contributed by atoms with van der Waals surface area (Å²) in [4.78, 5) is 0. The molecule has 0 saturated heterocycles. The summed E-state index contributed by atoms with van der Waals surface area (Å²) in [7, 11) is 0. The number of hydrogen-bond donors (Lipinski definition) is 4. The smallest absolute Gasteiger partial charge is 0.0810 e. The second-order valence-electron chi connectivity index (χ2n) is 4.02. The van der Waals surface area contributed by atoms with Gasteiger partial charge in [0, 0.05) is 0 Å². The molecule has 0 spiro atoms. The topological polar surface area (TPSA) is 104 Å².